The third-order valence-corrected chi connectivity index (χ3v) is 4.97. The van der Waals surface area contributed by atoms with Gasteiger partial charge in [0.1, 0.15) is 0 Å². The van der Waals surface area contributed by atoms with E-state index in [0.717, 1.165) is 0 Å². The van der Waals surface area contributed by atoms with Gasteiger partial charge in [0.25, 0.3) is 16.8 Å². The van der Waals surface area contributed by atoms with Gasteiger partial charge in [-0.3, -0.25) is 0 Å². The summed E-state index contributed by atoms with van der Waals surface area (Å²) in [4.78, 5) is 0. The van der Waals surface area contributed by atoms with E-state index < -0.39 is 95.2 Å². The Morgan fingerprint density at radius 2 is 0.703 bits per heavy atom. The molecule has 0 amide bonds. The van der Waals surface area contributed by atoms with Gasteiger partial charge in [-0.2, -0.15) is 79.0 Å². The van der Waals surface area contributed by atoms with E-state index in [0.29, 0.717) is 0 Å². The Bertz CT molecular complexity index is 963. The van der Waals surface area contributed by atoms with Crippen LogP contribution in [0.2, 0.25) is 0 Å². The van der Waals surface area contributed by atoms with Gasteiger partial charge in [0, 0.05) is 16.7 Å². The molecule has 0 saturated heterocycles. The van der Waals surface area contributed by atoms with E-state index in [-0.39, 0.29) is 0 Å². The smallest absolute Gasteiger partial charge is 0.369 e. The van der Waals surface area contributed by atoms with E-state index in [1.807, 2.05) is 0 Å². The van der Waals surface area contributed by atoms with Crippen LogP contribution in [0, 0.1) is 6.92 Å². The summed E-state index contributed by atoms with van der Waals surface area (Å²) in [5.74, 6) is 0. The SMILES string of the molecule is Cc1cc(C(O)(C(F)(F)F)C(F)(F)F)cc(C(O)(C(F)(F)F)C(F)(F)F)c1C(O)(C(F)(F)F)C(F)(F)F. The van der Waals surface area contributed by atoms with Crippen molar-refractivity contribution in [2.45, 2.75) is 60.8 Å². The highest BCUT2D eigenvalue weighted by atomic mass is 19.4. The normalized spacial score (nSPS) is 15.8. The lowest BCUT2D eigenvalue weighted by Crippen LogP contribution is -2.60. The van der Waals surface area contributed by atoms with Crippen LogP contribution in [0.25, 0.3) is 0 Å². The van der Waals surface area contributed by atoms with E-state index in [1.54, 1.807) is 0 Å². The molecule has 3 N–H and O–H groups in total. The van der Waals surface area contributed by atoms with E-state index in [1.165, 1.54) is 0 Å². The van der Waals surface area contributed by atoms with Crippen molar-refractivity contribution in [3.8, 4) is 0 Å². The molecule has 0 heterocycles. The Morgan fingerprint density at radius 1 is 0.432 bits per heavy atom. The van der Waals surface area contributed by atoms with Gasteiger partial charge in [0.05, 0.1) is 0 Å². The van der Waals surface area contributed by atoms with Crippen LogP contribution in [-0.4, -0.2) is 52.4 Å². The van der Waals surface area contributed by atoms with Gasteiger partial charge in [0.15, 0.2) is 0 Å². The summed E-state index contributed by atoms with van der Waals surface area (Å²) in [7, 11) is 0. The van der Waals surface area contributed by atoms with Crippen LogP contribution in [0.4, 0.5) is 79.0 Å². The van der Waals surface area contributed by atoms with Crippen molar-refractivity contribution < 1.29 is 94.3 Å². The number of hydrogen-bond acceptors (Lipinski definition) is 3. The highest BCUT2D eigenvalue weighted by Crippen LogP contribution is 2.59. The van der Waals surface area contributed by atoms with Crippen LogP contribution in [0.5, 0.6) is 0 Å². The monoisotopic (exact) mass is 590 g/mol. The first-order chi connectivity index (χ1) is 15.7. The van der Waals surface area contributed by atoms with Gasteiger partial charge in [-0.25, -0.2) is 0 Å². The zero-order valence-electron chi connectivity index (χ0n) is 16.8. The molecule has 21 heteroatoms. The summed E-state index contributed by atoms with van der Waals surface area (Å²) in [6.45, 7) is -0.439. The van der Waals surface area contributed by atoms with Crippen LogP contribution in [0.1, 0.15) is 22.3 Å². The summed E-state index contributed by atoms with van der Waals surface area (Å²) in [6.07, 6.45) is -43.9. The molecular weight excluding hydrogens is 582 g/mol. The fourth-order valence-corrected chi connectivity index (χ4v) is 3.16. The Kier molecular flexibility index (Phi) is 7.48. The molecule has 0 atom stereocenters. The van der Waals surface area contributed by atoms with Crippen molar-refractivity contribution in [2.75, 3.05) is 0 Å². The maximum absolute atomic E-state index is 13.4. The molecular formula is C16H8F18O3. The van der Waals surface area contributed by atoms with E-state index in [2.05, 4.69) is 0 Å². The van der Waals surface area contributed by atoms with Crippen molar-refractivity contribution in [1.82, 2.24) is 0 Å². The molecule has 1 aromatic rings. The molecule has 0 aliphatic rings. The molecule has 0 aromatic heterocycles. The van der Waals surface area contributed by atoms with Gasteiger partial charge < -0.3 is 15.3 Å². The number of hydrogen-bond donors (Lipinski definition) is 3. The minimum atomic E-state index is -7.49. The largest absolute Gasteiger partial charge is 0.430 e. The Hall–Kier alpha value is -2.16. The second kappa shape index (κ2) is 8.42. The van der Waals surface area contributed by atoms with Crippen LogP contribution >= 0.6 is 0 Å². The molecule has 0 fully saturated rings. The molecule has 0 aliphatic carbocycles. The fraction of sp³-hybridized carbons (Fsp3) is 0.625. The summed E-state index contributed by atoms with van der Waals surface area (Å²) < 4.78 is 239. The third kappa shape index (κ3) is 4.66. The molecule has 0 unspecified atom stereocenters. The number of aryl methyl sites for hydroxylation is 1. The summed E-state index contributed by atoms with van der Waals surface area (Å²) >= 11 is 0. The maximum Gasteiger partial charge on any atom is 0.430 e. The molecule has 1 rings (SSSR count). The lowest BCUT2D eigenvalue weighted by molar-refractivity contribution is -0.388. The number of benzene rings is 1. The van der Waals surface area contributed by atoms with Crippen LogP contribution in [0.3, 0.4) is 0 Å². The quantitative estimate of drug-likeness (QED) is 0.383. The van der Waals surface area contributed by atoms with Gasteiger partial charge >= 0.3 is 37.1 Å². The van der Waals surface area contributed by atoms with Crippen LogP contribution in [0.15, 0.2) is 12.1 Å². The number of aliphatic hydroxyl groups is 3. The molecule has 0 aliphatic heterocycles. The summed E-state index contributed by atoms with van der Waals surface area (Å²) in [5, 5.41) is 28.1. The minimum Gasteiger partial charge on any atom is -0.369 e. The van der Waals surface area contributed by atoms with Crippen molar-refractivity contribution in [2.24, 2.45) is 0 Å². The first-order valence-corrected chi connectivity index (χ1v) is 8.48. The molecule has 0 bridgehead atoms. The first-order valence-electron chi connectivity index (χ1n) is 8.48. The van der Waals surface area contributed by atoms with E-state index in [9.17, 15) is 94.3 Å². The fourth-order valence-electron chi connectivity index (χ4n) is 3.16. The predicted molar refractivity (Wildman–Crippen MR) is 79.2 cm³/mol. The van der Waals surface area contributed by atoms with E-state index >= 15 is 0 Å². The lowest BCUT2D eigenvalue weighted by Gasteiger charge is -2.41. The Balaban J connectivity index is 4.71. The van der Waals surface area contributed by atoms with Gasteiger partial charge in [-0.1, -0.05) is 6.07 Å². The average Bonchev–Trinajstić information content (AvgIpc) is 2.59. The standard InChI is InChI=1S/C16H8F18O3/c1-4-2-5(8(35,11(17,18)19)12(20,21)22)3-6(9(36,13(23,24)25)14(26,27)28)7(4)10(37,15(29,30)31)16(32,33)34/h2-3,35-37H,1H3. The predicted octanol–water partition coefficient (Wildman–Crippen LogP) is 5.93. The number of halogens is 18. The average molecular weight is 590 g/mol. The Labute approximate surface area is 190 Å². The zero-order chi connectivity index (χ0) is 30.2. The Morgan fingerprint density at radius 3 is 0.946 bits per heavy atom. The van der Waals surface area contributed by atoms with Gasteiger partial charge in [-0.15, -0.1) is 0 Å². The van der Waals surface area contributed by atoms with E-state index in [4.69, 9.17) is 0 Å². The van der Waals surface area contributed by atoms with Crippen LogP contribution < -0.4 is 0 Å². The highest BCUT2D eigenvalue weighted by molar-refractivity contribution is 5.50. The molecule has 0 spiro atoms. The molecule has 0 radical (unpaired) electrons. The summed E-state index contributed by atoms with van der Waals surface area (Å²) in [6, 6.07) is -2.97. The van der Waals surface area contributed by atoms with Crippen molar-refractivity contribution in [1.29, 1.82) is 0 Å². The molecule has 0 saturated carbocycles. The number of alkyl halides is 18. The highest BCUT2D eigenvalue weighted by Gasteiger charge is 2.78. The van der Waals surface area contributed by atoms with Gasteiger partial charge in [0.2, 0.25) is 0 Å². The summed E-state index contributed by atoms with van der Waals surface area (Å²) in [5.41, 5.74) is -33.8. The number of rotatable bonds is 3. The van der Waals surface area contributed by atoms with Crippen molar-refractivity contribution in [3.63, 3.8) is 0 Å². The molecule has 37 heavy (non-hydrogen) atoms. The van der Waals surface area contributed by atoms with Crippen molar-refractivity contribution in [3.05, 3.63) is 34.4 Å². The third-order valence-electron chi connectivity index (χ3n) is 4.97. The zero-order valence-corrected chi connectivity index (χ0v) is 16.8. The maximum atomic E-state index is 13.4. The second-order valence-electron chi connectivity index (χ2n) is 7.33. The molecule has 3 nitrogen and oxygen atoms in total. The van der Waals surface area contributed by atoms with Gasteiger partial charge in [-0.05, 0) is 18.6 Å². The minimum absolute atomic E-state index is 0.439. The molecule has 1 aromatic carbocycles. The van der Waals surface area contributed by atoms with Crippen molar-refractivity contribution >= 4 is 0 Å². The second-order valence-corrected chi connectivity index (χ2v) is 7.33. The topological polar surface area (TPSA) is 60.7 Å². The van der Waals surface area contributed by atoms with Crippen LogP contribution in [-0.2, 0) is 16.8 Å². The first kappa shape index (κ1) is 32.9. The molecule has 216 valence electrons. The lowest BCUT2D eigenvalue weighted by atomic mass is 9.75.